The molecule has 0 radical (unpaired) electrons. The van der Waals surface area contributed by atoms with E-state index in [1.807, 2.05) is 55.5 Å². The van der Waals surface area contributed by atoms with Crippen LogP contribution < -0.4 is 24.3 Å². The number of hydrogen-bond acceptors (Lipinski definition) is 8. The standard InChI is InChI=1S/C34H35N5O6/c1-22-10-6-7-11-23(22)20-38(31(40)21-39-28-13-9-8-12-27(28)36-37-39)32(34(41)35-25-14-16-26(42-2)17-15-25)24-18-29(43-3)33(45-5)30(19-24)44-4/h6-19,32H,20-21H2,1-5H3,(H,35,41). The molecule has 1 aromatic heterocycles. The van der Waals surface area contributed by atoms with Crippen LogP contribution in [0.3, 0.4) is 0 Å². The predicted octanol–water partition coefficient (Wildman–Crippen LogP) is 5.18. The van der Waals surface area contributed by atoms with E-state index in [2.05, 4.69) is 15.6 Å². The first-order valence-corrected chi connectivity index (χ1v) is 14.2. The van der Waals surface area contributed by atoms with Crippen LogP contribution >= 0.6 is 0 Å². The summed E-state index contributed by atoms with van der Waals surface area (Å²) in [6, 6.07) is 24.3. The van der Waals surface area contributed by atoms with E-state index in [0.717, 1.165) is 11.1 Å². The van der Waals surface area contributed by atoms with E-state index >= 15 is 0 Å². The Labute approximate surface area is 261 Å². The van der Waals surface area contributed by atoms with Crippen molar-refractivity contribution >= 4 is 28.5 Å². The molecular weight excluding hydrogens is 574 g/mol. The Hall–Kier alpha value is -5.58. The molecule has 0 aliphatic carbocycles. The second-order valence-corrected chi connectivity index (χ2v) is 10.3. The maximum absolute atomic E-state index is 14.4. The molecule has 5 aromatic rings. The first-order valence-electron chi connectivity index (χ1n) is 14.2. The van der Waals surface area contributed by atoms with Gasteiger partial charge in [-0.1, -0.05) is 41.6 Å². The van der Waals surface area contributed by atoms with Crippen molar-refractivity contribution in [2.45, 2.75) is 26.1 Å². The van der Waals surface area contributed by atoms with Gasteiger partial charge in [-0.3, -0.25) is 9.59 Å². The number of anilines is 1. The van der Waals surface area contributed by atoms with Crippen molar-refractivity contribution in [2.75, 3.05) is 33.8 Å². The minimum Gasteiger partial charge on any atom is -0.497 e. The quantitative estimate of drug-likeness (QED) is 0.206. The van der Waals surface area contributed by atoms with Crippen LogP contribution in [-0.2, 0) is 22.7 Å². The topological polar surface area (TPSA) is 117 Å². The van der Waals surface area contributed by atoms with E-state index < -0.39 is 11.9 Å². The lowest BCUT2D eigenvalue weighted by Gasteiger charge is -2.32. The number of nitrogens with zero attached hydrogens (tertiary/aromatic N) is 4. The number of methoxy groups -OCH3 is 4. The molecule has 0 saturated heterocycles. The Kier molecular flexibility index (Phi) is 9.47. The average Bonchev–Trinajstić information content (AvgIpc) is 3.47. The lowest BCUT2D eigenvalue weighted by molar-refractivity contribution is -0.140. The minimum atomic E-state index is -1.12. The average molecular weight is 610 g/mol. The van der Waals surface area contributed by atoms with Gasteiger partial charge in [-0.25, -0.2) is 4.68 Å². The highest BCUT2D eigenvalue weighted by Crippen LogP contribution is 2.41. The highest BCUT2D eigenvalue weighted by Gasteiger charge is 2.34. The smallest absolute Gasteiger partial charge is 0.251 e. The molecule has 0 bridgehead atoms. The number of rotatable bonds is 12. The van der Waals surface area contributed by atoms with Crippen LogP contribution in [0.25, 0.3) is 11.0 Å². The molecule has 11 nitrogen and oxygen atoms in total. The molecule has 232 valence electrons. The summed E-state index contributed by atoms with van der Waals surface area (Å²) < 4.78 is 23.6. The number of hydrogen-bond donors (Lipinski definition) is 1. The molecule has 0 fully saturated rings. The molecule has 0 aliphatic heterocycles. The maximum atomic E-state index is 14.4. The molecule has 0 spiro atoms. The van der Waals surface area contributed by atoms with Gasteiger partial charge in [0.1, 0.15) is 23.9 Å². The third-order valence-corrected chi connectivity index (χ3v) is 7.55. The van der Waals surface area contributed by atoms with Crippen molar-refractivity contribution in [2.24, 2.45) is 0 Å². The van der Waals surface area contributed by atoms with Crippen LogP contribution in [0.2, 0.25) is 0 Å². The summed E-state index contributed by atoms with van der Waals surface area (Å²) in [4.78, 5) is 30.3. The molecule has 45 heavy (non-hydrogen) atoms. The molecule has 11 heteroatoms. The Morgan fingerprint density at radius 1 is 0.844 bits per heavy atom. The fourth-order valence-corrected chi connectivity index (χ4v) is 5.16. The van der Waals surface area contributed by atoms with Gasteiger partial charge in [0.15, 0.2) is 11.5 Å². The van der Waals surface area contributed by atoms with Gasteiger partial charge in [0.05, 0.1) is 34.0 Å². The number of ether oxygens (including phenoxy) is 4. The van der Waals surface area contributed by atoms with Crippen molar-refractivity contribution < 1.29 is 28.5 Å². The molecule has 0 aliphatic rings. The zero-order valence-electron chi connectivity index (χ0n) is 25.8. The third-order valence-electron chi connectivity index (χ3n) is 7.55. The Balaban J connectivity index is 1.64. The minimum absolute atomic E-state index is 0.134. The number of carbonyl (C=O) groups excluding carboxylic acids is 2. The van der Waals surface area contributed by atoms with E-state index in [1.54, 1.807) is 48.4 Å². The van der Waals surface area contributed by atoms with Gasteiger partial charge in [0, 0.05) is 12.2 Å². The first-order chi connectivity index (χ1) is 21.9. The highest BCUT2D eigenvalue weighted by atomic mass is 16.5. The number of fused-ring (bicyclic) bond motifs is 1. The van der Waals surface area contributed by atoms with E-state index in [4.69, 9.17) is 18.9 Å². The summed E-state index contributed by atoms with van der Waals surface area (Å²) in [5.41, 5.74) is 4.21. The number of aromatic nitrogens is 3. The van der Waals surface area contributed by atoms with E-state index in [0.29, 0.717) is 45.3 Å². The van der Waals surface area contributed by atoms with Crippen LogP contribution in [0.1, 0.15) is 22.7 Å². The zero-order valence-corrected chi connectivity index (χ0v) is 25.8. The second-order valence-electron chi connectivity index (χ2n) is 10.3. The fourth-order valence-electron chi connectivity index (χ4n) is 5.16. The van der Waals surface area contributed by atoms with Crippen LogP contribution in [0.4, 0.5) is 5.69 Å². The van der Waals surface area contributed by atoms with Gasteiger partial charge in [-0.2, -0.15) is 0 Å². The normalized spacial score (nSPS) is 11.5. The summed E-state index contributed by atoms with van der Waals surface area (Å²) >= 11 is 0. The maximum Gasteiger partial charge on any atom is 0.251 e. The number of carbonyl (C=O) groups is 2. The molecule has 1 unspecified atom stereocenters. The number of benzene rings is 4. The van der Waals surface area contributed by atoms with Gasteiger partial charge in [0.25, 0.3) is 5.91 Å². The van der Waals surface area contributed by atoms with E-state index in [1.165, 1.54) is 26.0 Å². The van der Waals surface area contributed by atoms with Gasteiger partial charge in [0.2, 0.25) is 11.7 Å². The largest absolute Gasteiger partial charge is 0.497 e. The fraction of sp³-hybridized carbons (Fsp3) is 0.235. The van der Waals surface area contributed by atoms with Crippen molar-refractivity contribution in [3.05, 3.63) is 102 Å². The monoisotopic (exact) mass is 609 g/mol. The summed E-state index contributed by atoms with van der Waals surface area (Å²) in [5.74, 6) is 0.909. The van der Waals surface area contributed by atoms with Crippen molar-refractivity contribution in [3.8, 4) is 23.0 Å². The van der Waals surface area contributed by atoms with Crippen molar-refractivity contribution in [3.63, 3.8) is 0 Å². The number of aryl methyl sites for hydroxylation is 1. The van der Waals surface area contributed by atoms with Crippen molar-refractivity contribution in [1.82, 2.24) is 19.9 Å². The van der Waals surface area contributed by atoms with Crippen molar-refractivity contribution in [1.29, 1.82) is 0 Å². The molecular formula is C34H35N5O6. The highest BCUT2D eigenvalue weighted by molar-refractivity contribution is 5.98. The Bertz CT molecular complexity index is 1780. The van der Waals surface area contributed by atoms with Crippen LogP contribution in [-0.4, -0.2) is 60.1 Å². The predicted molar refractivity (Wildman–Crippen MR) is 170 cm³/mol. The number of amides is 2. The summed E-state index contributed by atoms with van der Waals surface area (Å²) in [7, 11) is 6.07. The van der Waals surface area contributed by atoms with Crippen LogP contribution in [0, 0.1) is 6.92 Å². The molecule has 1 atom stereocenters. The Morgan fingerprint density at radius 3 is 2.16 bits per heavy atom. The van der Waals surface area contributed by atoms with Crippen LogP contribution in [0.15, 0.2) is 84.9 Å². The van der Waals surface area contributed by atoms with E-state index in [-0.39, 0.29) is 19.0 Å². The Morgan fingerprint density at radius 2 is 1.51 bits per heavy atom. The SMILES string of the molecule is COc1ccc(NC(=O)C(c2cc(OC)c(OC)c(OC)c2)N(Cc2ccccc2C)C(=O)Cn2nnc3ccccc32)cc1. The summed E-state index contributed by atoms with van der Waals surface area (Å²) in [6.45, 7) is 1.95. The molecule has 1 heterocycles. The molecule has 4 aromatic carbocycles. The van der Waals surface area contributed by atoms with Crippen LogP contribution in [0.5, 0.6) is 23.0 Å². The summed E-state index contributed by atoms with van der Waals surface area (Å²) in [5, 5.41) is 11.4. The van der Waals surface area contributed by atoms with Gasteiger partial charge in [-0.05, 0) is 72.1 Å². The molecule has 5 rings (SSSR count). The number of para-hydroxylation sites is 1. The van der Waals surface area contributed by atoms with Gasteiger partial charge >= 0.3 is 0 Å². The second kappa shape index (κ2) is 13.8. The lowest BCUT2D eigenvalue weighted by Crippen LogP contribution is -2.42. The third kappa shape index (κ3) is 6.67. The molecule has 2 amide bonds. The first kappa shape index (κ1) is 30.9. The van der Waals surface area contributed by atoms with Gasteiger partial charge in [-0.15, -0.1) is 5.10 Å². The molecule has 0 saturated carbocycles. The molecule has 1 N–H and O–H groups in total. The summed E-state index contributed by atoms with van der Waals surface area (Å²) in [6.07, 6.45) is 0. The van der Waals surface area contributed by atoms with E-state index in [9.17, 15) is 9.59 Å². The zero-order chi connectivity index (χ0) is 31.9. The van der Waals surface area contributed by atoms with Gasteiger partial charge < -0.3 is 29.2 Å². The lowest BCUT2D eigenvalue weighted by atomic mass is 10.00. The number of nitrogens with one attached hydrogen (secondary N) is 1.